The van der Waals surface area contributed by atoms with Crippen molar-refractivity contribution in [2.24, 2.45) is 0 Å². The standard InChI is InChI=1S/C22H23NO4/c1-14-6-4-5-7-18(14)19-12-20(24)23-15(2)21(19)22(25)27-13-16-8-10-17(26-3)11-9-16/h4-11,19H,12-13H2,1-3H3,(H,23,24)/t19-/m1/s1. The van der Waals surface area contributed by atoms with Crippen LogP contribution >= 0.6 is 0 Å². The summed E-state index contributed by atoms with van der Waals surface area (Å²) in [5, 5.41) is 2.77. The summed E-state index contributed by atoms with van der Waals surface area (Å²) >= 11 is 0. The van der Waals surface area contributed by atoms with Gasteiger partial charge in [0.05, 0.1) is 12.7 Å². The Morgan fingerprint density at radius 3 is 2.48 bits per heavy atom. The van der Waals surface area contributed by atoms with E-state index in [1.165, 1.54) is 0 Å². The number of nitrogens with one attached hydrogen (secondary N) is 1. The first-order valence-electron chi connectivity index (χ1n) is 8.85. The first kappa shape index (κ1) is 18.7. The van der Waals surface area contributed by atoms with E-state index in [0.29, 0.717) is 11.3 Å². The number of benzene rings is 2. The average molecular weight is 365 g/mol. The normalized spacial score (nSPS) is 16.7. The second-order valence-corrected chi connectivity index (χ2v) is 6.62. The maximum Gasteiger partial charge on any atom is 0.336 e. The van der Waals surface area contributed by atoms with Gasteiger partial charge in [-0.1, -0.05) is 36.4 Å². The third-order valence-corrected chi connectivity index (χ3v) is 4.78. The van der Waals surface area contributed by atoms with Crippen LogP contribution in [0.5, 0.6) is 5.75 Å². The Balaban J connectivity index is 1.82. The predicted molar refractivity (Wildman–Crippen MR) is 102 cm³/mol. The summed E-state index contributed by atoms with van der Waals surface area (Å²) in [4.78, 5) is 24.9. The Hall–Kier alpha value is -3.08. The summed E-state index contributed by atoms with van der Waals surface area (Å²) in [6.07, 6.45) is 0.231. The molecular weight excluding hydrogens is 342 g/mol. The van der Waals surface area contributed by atoms with Crippen LogP contribution in [0.25, 0.3) is 0 Å². The van der Waals surface area contributed by atoms with Crippen LogP contribution in [0.1, 0.15) is 36.0 Å². The molecule has 2 aromatic rings. The Morgan fingerprint density at radius 1 is 1.11 bits per heavy atom. The van der Waals surface area contributed by atoms with E-state index in [4.69, 9.17) is 9.47 Å². The maximum atomic E-state index is 12.9. The molecule has 27 heavy (non-hydrogen) atoms. The SMILES string of the molecule is COc1ccc(COC(=O)C2=C(C)NC(=O)C[C@@H]2c2ccccc2C)cc1. The number of hydrogen-bond donors (Lipinski definition) is 1. The summed E-state index contributed by atoms with van der Waals surface area (Å²) in [5.74, 6) is -0.0504. The zero-order chi connectivity index (χ0) is 19.4. The van der Waals surface area contributed by atoms with Gasteiger partial charge in [0.25, 0.3) is 0 Å². The van der Waals surface area contributed by atoms with E-state index >= 15 is 0 Å². The van der Waals surface area contributed by atoms with E-state index in [-0.39, 0.29) is 24.9 Å². The van der Waals surface area contributed by atoms with E-state index in [1.807, 2.05) is 55.5 Å². The molecule has 0 unspecified atom stereocenters. The number of ether oxygens (including phenoxy) is 2. The molecule has 140 valence electrons. The van der Waals surface area contributed by atoms with Crippen molar-refractivity contribution in [3.63, 3.8) is 0 Å². The van der Waals surface area contributed by atoms with E-state index < -0.39 is 5.97 Å². The summed E-state index contributed by atoms with van der Waals surface area (Å²) in [6.45, 7) is 3.89. The first-order chi connectivity index (χ1) is 13.0. The molecule has 0 fully saturated rings. The highest BCUT2D eigenvalue weighted by Gasteiger charge is 2.33. The van der Waals surface area contributed by atoms with Gasteiger partial charge in [0.1, 0.15) is 12.4 Å². The van der Waals surface area contributed by atoms with E-state index in [1.54, 1.807) is 14.0 Å². The van der Waals surface area contributed by atoms with Crippen LogP contribution in [0, 0.1) is 6.92 Å². The van der Waals surface area contributed by atoms with Gasteiger partial charge in [-0.15, -0.1) is 0 Å². The fraction of sp³-hybridized carbons (Fsp3) is 0.273. The first-order valence-corrected chi connectivity index (χ1v) is 8.85. The van der Waals surface area contributed by atoms with Gasteiger partial charge in [0.15, 0.2) is 0 Å². The number of allylic oxidation sites excluding steroid dienone is 1. The van der Waals surface area contributed by atoms with Crippen molar-refractivity contribution in [2.45, 2.75) is 32.8 Å². The highest BCUT2D eigenvalue weighted by atomic mass is 16.5. The Kier molecular flexibility index (Phi) is 5.60. The minimum atomic E-state index is -0.406. The van der Waals surface area contributed by atoms with Crippen molar-refractivity contribution in [2.75, 3.05) is 7.11 Å². The summed E-state index contributed by atoms with van der Waals surface area (Å²) < 4.78 is 10.7. The molecule has 1 aliphatic rings. The number of carbonyl (C=O) groups excluding carboxylic acids is 2. The fourth-order valence-corrected chi connectivity index (χ4v) is 3.36. The molecule has 0 bridgehead atoms. The largest absolute Gasteiger partial charge is 0.497 e. The average Bonchev–Trinajstić information content (AvgIpc) is 2.66. The third-order valence-electron chi connectivity index (χ3n) is 4.78. The molecule has 1 aliphatic heterocycles. The number of carbonyl (C=O) groups is 2. The smallest absolute Gasteiger partial charge is 0.336 e. The molecule has 5 heteroatoms. The van der Waals surface area contributed by atoms with Gasteiger partial charge in [0, 0.05) is 18.0 Å². The van der Waals surface area contributed by atoms with Gasteiger partial charge in [0.2, 0.25) is 5.91 Å². The van der Waals surface area contributed by atoms with Crippen LogP contribution in [0.2, 0.25) is 0 Å². The van der Waals surface area contributed by atoms with Crippen LogP contribution < -0.4 is 10.1 Å². The molecular formula is C22H23NO4. The summed E-state index contributed by atoms with van der Waals surface area (Å²) in [6, 6.07) is 15.2. The molecule has 0 spiro atoms. The quantitative estimate of drug-likeness (QED) is 0.822. The minimum Gasteiger partial charge on any atom is -0.497 e. The van der Waals surface area contributed by atoms with Crippen molar-refractivity contribution in [3.8, 4) is 5.75 Å². The lowest BCUT2D eigenvalue weighted by Gasteiger charge is -2.27. The summed E-state index contributed by atoms with van der Waals surface area (Å²) in [7, 11) is 1.60. The van der Waals surface area contributed by atoms with Crippen LogP contribution in [0.4, 0.5) is 0 Å². The highest BCUT2D eigenvalue weighted by Crippen LogP contribution is 2.35. The molecule has 2 aromatic carbocycles. The Morgan fingerprint density at radius 2 is 1.81 bits per heavy atom. The zero-order valence-electron chi connectivity index (χ0n) is 15.7. The Bertz CT molecular complexity index is 883. The number of methoxy groups -OCH3 is 1. The highest BCUT2D eigenvalue weighted by molar-refractivity contribution is 5.95. The molecule has 0 aliphatic carbocycles. The molecule has 0 radical (unpaired) electrons. The van der Waals surface area contributed by atoms with Crippen LogP contribution in [-0.2, 0) is 20.9 Å². The topological polar surface area (TPSA) is 64.6 Å². The molecule has 0 saturated carbocycles. The molecule has 1 atom stereocenters. The number of aryl methyl sites for hydroxylation is 1. The second kappa shape index (κ2) is 8.08. The van der Waals surface area contributed by atoms with Gasteiger partial charge >= 0.3 is 5.97 Å². The van der Waals surface area contributed by atoms with Gasteiger partial charge in [-0.25, -0.2) is 4.79 Å². The van der Waals surface area contributed by atoms with E-state index in [0.717, 1.165) is 22.4 Å². The Labute approximate surface area is 159 Å². The number of esters is 1. The molecule has 1 heterocycles. The lowest BCUT2D eigenvalue weighted by atomic mass is 9.82. The number of rotatable bonds is 5. The van der Waals surface area contributed by atoms with Crippen molar-refractivity contribution >= 4 is 11.9 Å². The lowest BCUT2D eigenvalue weighted by molar-refractivity contribution is -0.141. The second-order valence-electron chi connectivity index (χ2n) is 6.62. The van der Waals surface area contributed by atoms with Crippen molar-refractivity contribution in [1.29, 1.82) is 0 Å². The van der Waals surface area contributed by atoms with Crippen molar-refractivity contribution in [3.05, 3.63) is 76.5 Å². The molecule has 1 N–H and O–H groups in total. The predicted octanol–water partition coefficient (Wildman–Crippen LogP) is 3.62. The lowest BCUT2D eigenvalue weighted by Crippen LogP contribution is -2.34. The van der Waals surface area contributed by atoms with Gasteiger partial charge in [-0.2, -0.15) is 0 Å². The monoisotopic (exact) mass is 365 g/mol. The van der Waals surface area contributed by atoms with Crippen LogP contribution in [0.3, 0.4) is 0 Å². The third kappa shape index (κ3) is 4.19. The molecule has 1 amide bonds. The van der Waals surface area contributed by atoms with Crippen LogP contribution in [0.15, 0.2) is 59.8 Å². The van der Waals surface area contributed by atoms with E-state index in [2.05, 4.69) is 5.32 Å². The zero-order valence-corrected chi connectivity index (χ0v) is 15.7. The van der Waals surface area contributed by atoms with E-state index in [9.17, 15) is 9.59 Å². The number of amides is 1. The van der Waals surface area contributed by atoms with Gasteiger partial charge in [-0.3, -0.25) is 4.79 Å². The van der Waals surface area contributed by atoms with Gasteiger partial charge in [-0.05, 0) is 42.7 Å². The van der Waals surface area contributed by atoms with Crippen LogP contribution in [-0.4, -0.2) is 19.0 Å². The molecule has 0 saturated heterocycles. The molecule has 3 rings (SSSR count). The minimum absolute atomic E-state index is 0.0903. The summed E-state index contributed by atoms with van der Waals surface area (Å²) in [5.41, 5.74) is 3.96. The number of hydrogen-bond acceptors (Lipinski definition) is 4. The van der Waals surface area contributed by atoms with Crippen molar-refractivity contribution < 1.29 is 19.1 Å². The van der Waals surface area contributed by atoms with Crippen molar-refractivity contribution in [1.82, 2.24) is 5.32 Å². The molecule has 5 nitrogen and oxygen atoms in total. The maximum absolute atomic E-state index is 12.9. The fourth-order valence-electron chi connectivity index (χ4n) is 3.36. The molecule has 0 aromatic heterocycles. The van der Waals surface area contributed by atoms with Gasteiger partial charge < -0.3 is 14.8 Å².